The van der Waals surface area contributed by atoms with Crippen LogP contribution in [0.3, 0.4) is 0 Å². The molecular formula is C33H27N7. The predicted molar refractivity (Wildman–Crippen MR) is 163 cm³/mol. The molecule has 0 aliphatic carbocycles. The van der Waals surface area contributed by atoms with Gasteiger partial charge in [-0.15, -0.1) is 0 Å². The molecule has 4 aromatic carbocycles. The number of nitrogens with zero attached hydrogens (tertiary/aromatic N) is 5. The third-order valence-electron chi connectivity index (χ3n) is 8.09. The van der Waals surface area contributed by atoms with Crippen LogP contribution in [0, 0.1) is 0 Å². The van der Waals surface area contributed by atoms with E-state index in [0.29, 0.717) is 11.8 Å². The molecule has 4 heterocycles. The smallest absolute Gasteiger partial charge is 0.109 e. The summed E-state index contributed by atoms with van der Waals surface area (Å²) in [5.74, 6) is 2.58. The summed E-state index contributed by atoms with van der Waals surface area (Å²) in [4.78, 5) is 21.5. The second kappa shape index (κ2) is 8.29. The molecule has 0 saturated carbocycles. The zero-order valence-electron chi connectivity index (χ0n) is 22.7. The number of hydrogen-bond acceptors (Lipinski definition) is 5. The van der Waals surface area contributed by atoms with Gasteiger partial charge in [0.1, 0.15) is 11.6 Å². The standard InChI is InChI=1S/C33H27N7/c1-16(2)32-37-28-21-7-5-18(11-23(21)20-9-10-34-13-26(20)30(28)39-32)19-6-8-22-24(12-19)25-14-35-36-15-27(25)31-29(22)38-33(40-31)17(3)4/h5-17H,1-4H3,(H,37,39)(H,38,40). The molecule has 2 N–H and O–H groups in total. The van der Waals surface area contributed by atoms with Crippen molar-refractivity contribution < 1.29 is 0 Å². The van der Waals surface area contributed by atoms with E-state index in [4.69, 9.17) is 9.97 Å². The van der Waals surface area contributed by atoms with Crippen molar-refractivity contribution in [2.75, 3.05) is 0 Å². The first-order chi connectivity index (χ1) is 19.5. The summed E-state index contributed by atoms with van der Waals surface area (Å²) in [6, 6.07) is 15.5. The Bertz CT molecular complexity index is 2130. The van der Waals surface area contributed by atoms with E-state index in [0.717, 1.165) is 77.2 Å². The molecule has 7 heteroatoms. The van der Waals surface area contributed by atoms with Gasteiger partial charge in [-0.05, 0) is 45.5 Å². The van der Waals surface area contributed by atoms with Crippen molar-refractivity contribution in [3.05, 3.63) is 78.9 Å². The average Bonchev–Trinajstić information content (AvgIpc) is 3.64. The van der Waals surface area contributed by atoms with Crippen LogP contribution in [-0.4, -0.2) is 35.1 Å². The fourth-order valence-corrected chi connectivity index (χ4v) is 5.98. The summed E-state index contributed by atoms with van der Waals surface area (Å²) >= 11 is 0. The molecule has 0 spiro atoms. The Balaban J connectivity index is 1.41. The zero-order chi connectivity index (χ0) is 27.1. The van der Waals surface area contributed by atoms with Gasteiger partial charge in [-0.25, -0.2) is 9.97 Å². The van der Waals surface area contributed by atoms with E-state index in [1.807, 2.05) is 24.8 Å². The van der Waals surface area contributed by atoms with Crippen LogP contribution in [0.1, 0.15) is 51.2 Å². The van der Waals surface area contributed by atoms with Gasteiger partial charge in [0.15, 0.2) is 0 Å². The second-order valence-corrected chi connectivity index (χ2v) is 11.3. The highest BCUT2D eigenvalue weighted by atomic mass is 15.1. The zero-order valence-corrected chi connectivity index (χ0v) is 22.7. The third kappa shape index (κ3) is 3.21. The summed E-state index contributed by atoms with van der Waals surface area (Å²) in [6.07, 6.45) is 7.47. The van der Waals surface area contributed by atoms with Gasteiger partial charge in [-0.2, -0.15) is 10.2 Å². The van der Waals surface area contributed by atoms with Crippen LogP contribution >= 0.6 is 0 Å². The maximum atomic E-state index is 4.96. The molecule has 8 rings (SSSR count). The third-order valence-corrected chi connectivity index (χ3v) is 8.09. The summed E-state index contributed by atoms with van der Waals surface area (Å²) < 4.78 is 0. The Labute approximate surface area is 229 Å². The largest absolute Gasteiger partial charge is 0.341 e. The molecule has 0 amide bonds. The molecule has 4 aromatic heterocycles. The molecule has 0 atom stereocenters. The molecular weight excluding hydrogens is 494 g/mol. The monoisotopic (exact) mass is 521 g/mol. The van der Waals surface area contributed by atoms with Crippen molar-refractivity contribution in [3.8, 4) is 11.1 Å². The van der Waals surface area contributed by atoms with Gasteiger partial charge in [-0.3, -0.25) is 4.98 Å². The number of imidazole rings is 2. The summed E-state index contributed by atoms with van der Waals surface area (Å²) in [5, 5.41) is 17.3. The van der Waals surface area contributed by atoms with Gasteiger partial charge in [0.2, 0.25) is 0 Å². The maximum absolute atomic E-state index is 4.96. The number of nitrogens with one attached hydrogen (secondary N) is 2. The van der Waals surface area contributed by atoms with E-state index in [1.165, 1.54) is 10.8 Å². The molecule has 0 aliphatic rings. The minimum absolute atomic E-state index is 0.298. The van der Waals surface area contributed by atoms with Crippen LogP contribution in [-0.2, 0) is 0 Å². The number of hydrogen-bond donors (Lipinski definition) is 2. The van der Waals surface area contributed by atoms with Gasteiger partial charge in [0.05, 0.1) is 34.5 Å². The lowest BCUT2D eigenvalue weighted by Crippen LogP contribution is -1.88. The van der Waals surface area contributed by atoms with Crippen LogP contribution in [0.5, 0.6) is 0 Å². The van der Waals surface area contributed by atoms with Gasteiger partial charge in [-0.1, -0.05) is 52.0 Å². The quantitative estimate of drug-likeness (QED) is 0.229. The normalized spacial score (nSPS) is 12.4. The summed E-state index contributed by atoms with van der Waals surface area (Å²) in [5.41, 5.74) is 6.34. The average molecular weight is 522 g/mol. The van der Waals surface area contributed by atoms with E-state index in [9.17, 15) is 0 Å². The fraction of sp³-hybridized carbons (Fsp3) is 0.182. The van der Waals surface area contributed by atoms with Gasteiger partial charge in [0.25, 0.3) is 0 Å². The van der Waals surface area contributed by atoms with E-state index < -0.39 is 0 Å². The van der Waals surface area contributed by atoms with Crippen LogP contribution in [0.2, 0.25) is 0 Å². The molecule has 194 valence electrons. The molecule has 0 fully saturated rings. The van der Waals surface area contributed by atoms with Crippen molar-refractivity contribution in [1.82, 2.24) is 35.1 Å². The van der Waals surface area contributed by atoms with E-state index in [1.54, 1.807) is 0 Å². The highest BCUT2D eigenvalue weighted by Gasteiger charge is 2.18. The van der Waals surface area contributed by atoms with Crippen LogP contribution in [0.15, 0.2) is 67.3 Å². The highest BCUT2D eigenvalue weighted by Crippen LogP contribution is 2.39. The maximum Gasteiger partial charge on any atom is 0.109 e. The van der Waals surface area contributed by atoms with Gasteiger partial charge in [0, 0.05) is 51.2 Å². The van der Waals surface area contributed by atoms with Crippen molar-refractivity contribution in [2.45, 2.75) is 39.5 Å². The van der Waals surface area contributed by atoms with E-state index in [-0.39, 0.29) is 0 Å². The number of rotatable bonds is 3. The molecule has 0 radical (unpaired) electrons. The number of fused-ring (bicyclic) bond motifs is 12. The number of H-pyrrole nitrogens is 2. The fourth-order valence-electron chi connectivity index (χ4n) is 5.98. The van der Waals surface area contributed by atoms with E-state index in [2.05, 4.69) is 95.3 Å². The van der Waals surface area contributed by atoms with E-state index >= 15 is 0 Å². The number of aromatic amines is 2. The van der Waals surface area contributed by atoms with Crippen molar-refractivity contribution in [2.24, 2.45) is 0 Å². The van der Waals surface area contributed by atoms with Gasteiger partial charge >= 0.3 is 0 Å². The van der Waals surface area contributed by atoms with Crippen LogP contribution in [0.25, 0.3) is 76.3 Å². The lowest BCUT2D eigenvalue weighted by molar-refractivity contribution is 0.799. The Morgan fingerprint density at radius 3 is 1.62 bits per heavy atom. The minimum atomic E-state index is 0.298. The first kappa shape index (κ1) is 23.0. The lowest BCUT2D eigenvalue weighted by atomic mass is 9.94. The Morgan fingerprint density at radius 1 is 0.525 bits per heavy atom. The number of pyridine rings is 1. The molecule has 7 nitrogen and oxygen atoms in total. The highest BCUT2D eigenvalue weighted by molar-refractivity contribution is 6.25. The predicted octanol–water partition coefficient (Wildman–Crippen LogP) is 8.15. The Hall–Kier alpha value is -4.91. The van der Waals surface area contributed by atoms with Crippen molar-refractivity contribution in [3.63, 3.8) is 0 Å². The van der Waals surface area contributed by atoms with Crippen LogP contribution in [0.4, 0.5) is 0 Å². The molecule has 0 saturated heterocycles. The summed E-state index contributed by atoms with van der Waals surface area (Å²) in [6.45, 7) is 8.63. The van der Waals surface area contributed by atoms with Gasteiger partial charge < -0.3 is 9.97 Å². The second-order valence-electron chi connectivity index (χ2n) is 11.3. The molecule has 40 heavy (non-hydrogen) atoms. The lowest BCUT2D eigenvalue weighted by Gasteiger charge is -2.11. The van der Waals surface area contributed by atoms with Crippen molar-refractivity contribution >= 4 is 65.2 Å². The topological polar surface area (TPSA) is 96.0 Å². The number of benzene rings is 4. The SMILES string of the molecule is CC(C)c1nc2c3cnccc3c3cc(-c4ccc5c(c4)c4cnncc4c4nc(C(C)C)[nH]c54)ccc3c2[nH]1. The molecule has 0 aliphatic heterocycles. The molecule has 0 bridgehead atoms. The first-order valence-electron chi connectivity index (χ1n) is 13.7. The van der Waals surface area contributed by atoms with Crippen LogP contribution < -0.4 is 0 Å². The Kier molecular flexibility index (Phi) is 4.77. The minimum Gasteiger partial charge on any atom is -0.341 e. The van der Waals surface area contributed by atoms with Crippen molar-refractivity contribution in [1.29, 1.82) is 0 Å². The molecule has 8 aromatic rings. The first-order valence-corrected chi connectivity index (χ1v) is 13.7. The number of aromatic nitrogens is 7. The molecule has 0 unspecified atom stereocenters. The summed E-state index contributed by atoms with van der Waals surface area (Å²) in [7, 11) is 0. The Morgan fingerprint density at radius 2 is 1.05 bits per heavy atom.